The van der Waals surface area contributed by atoms with E-state index in [4.69, 9.17) is 4.74 Å². The molecule has 1 fully saturated rings. The van der Waals surface area contributed by atoms with E-state index < -0.39 is 0 Å². The molecule has 0 aliphatic carbocycles. The molecule has 0 spiro atoms. The van der Waals surface area contributed by atoms with Crippen molar-refractivity contribution in [3.05, 3.63) is 57.8 Å². The molecule has 2 heterocycles. The summed E-state index contributed by atoms with van der Waals surface area (Å²) in [7, 11) is 1.72. The summed E-state index contributed by atoms with van der Waals surface area (Å²) in [4.78, 5) is 18.3. The number of nitrogens with one attached hydrogen (secondary N) is 1. The first kappa shape index (κ1) is 18.9. The molecular weight excluding hydrogens is 346 g/mol. The van der Waals surface area contributed by atoms with Crippen molar-refractivity contribution in [2.24, 2.45) is 0 Å². The fraction of sp³-hybridized carbons (Fsp3) is 0.450. The molecule has 1 N–H and O–H groups in total. The molecule has 1 aliphatic rings. The van der Waals surface area contributed by atoms with Crippen LogP contribution in [0.2, 0.25) is 0 Å². The Balaban J connectivity index is 1.65. The molecule has 6 heteroatoms. The number of benzene rings is 1. The van der Waals surface area contributed by atoms with E-state index in [-0.39, 0.29) is 12.1 Å². The molecule has 5 nitrogen and oxygen atoms in total. The maximum atomic E-state index is 12.9. The molecule has 1 aromatic heterocycles. The normalized spacial score (nSPS) is 16.5. The number of piperazine rings is 1. The van der Waals surface area contributed by atoms with Crippen LogP contribution in [0, 0.1) is 6.92 Å². The van der Waals surface area contributed by atoms with Gasteiger partial charge >= 0.3 is 6.03 Å². The Labute approximate surface area is 159 Å². The highest BCUT2D eigenvalue weighted by molar-refractivity contribution is 7.10. The van der Waals surface area contributed by atoms with Crippen molar-refractivity contribution in [3.8, 4) is 0 Å². The second-order valence-electron chi connectivity index (χ2n) is 6.63. The van der Waals surface area contributed by atoms with E-state index in [1.165, 1.54) is 5.56 Å². The van der Waals surface area contributed by atoms with Crippen LogP contribution in [0.3, 0.4) is 0 Å². The van der Waals surface area contributed by atoms with Crippen LogP contribution in [0.15, 0.2) is 41.8 Å². The highest BCUT2D eigenvalue weighted by atomic mass is 32.1. The molecule has 0 saturated carbocycles. The van der Waals surface area contributed by atoms with Crippen molar-refractivity contribution in [1.29, 1.82) is 0 Å². The second-order valence-corrected chi connectivity index (χ2v) is 7.61. The zero-order chi connectivity index (χ0) is 18.4. The molecule has 1 saturated heterocycles. The Bertz CT molecular complexity index is 697. The Morgan fingerprint density at radius 3 is 2.69 bits per heavy atom. The average molecular weight is 374 g/mol. The van der Waals surface area contributed by atoms with Crippen molar-refractivity contribution in [2.75, 3.05) is 46.4 Å². The van der Waals surface area contributed by atoms with Crippen LogP contribution >= 0.6 is 11.3 Å². The predicted molar refractivity (Wildman–Crippen MR) is 106 cm³/mol. The summed E-state index contributed by atoms with van der Waals surface area (Å²) < 4.78 is 5.14. The maximum absolute atomic E-state index is 12.9. The zero-order valence-electron chi connectivity index (χ0n) is 15.5. The topological polar surface area (TPSA) is 44.8 Å². The van der Waals surface area contributed by atoms with E-state index in [9.17, 15) is 4.79 Å². The van der Waals surface area contributed by atoms with Gasteiger partial charge in [-0.3, -0.25) is 4.90 Å². The van der Waals surface area contributed by atoms with Gasteiger partial charge in [0.1, 0.15) is 0 Å². The number of amides is 2. The molecule has 3 rings (SSSR count). The van der Waals surface area contributed by atoms with Gasteiger partial charge in [0, 0.05) is 44.7 Å². The molecule has 0 radical (unpaired) electrons. The third-order valence-electron chi connectivity index (χ3n) is 4.74. The van der Waals surface area contributed by atoms with Crippen LogP contribution < -0.4 is 5.32 Å². The van der Waals surface area contributed by atoms with Gasteiger partial charge in [-0.2, -0.15) is 0 Å². The van der Waals surface area contributed by atoms with Gasteiger partial charge in [-0.15, -0.1) is 11.3 Å². The van der Waals surface area contributed by atoms with E-state index in [1.54, 1.807) is 18.4 Å². The number of methoxy groups -OCH3 is 1. The van der Waals surface area contributed by atoms with Crippen molar-refractivity contribution in [3.63, 3.8) is 0 Å². The Morgan fingerprint density at radius 2 is 2.04 bits per heavy atom. The quantitative estimate of drug-likeness (QED) is 0.846. The van der Waals surface area contributed by atoms with Crippen molar-refractivity contribution in [2.45, 2.75) is 13.0 Å². The van der Waals surface area contributed by atoms with Crippen LogP contribution in [-0.2, 0) is 4.74 Å². The standard InChI is InChI=1S/C20H27N3O2S/c1-16-5-3-6-17(15-16)19(18-7-4-14-26-18)21-20(24)23-10-8-22(9-11-23)12-13-25-2/h3-7,14-15,19H,8-13H2,1-2H3,(H,21,24)/t19-/m1/s1. The number of thiophene rings is 1. The van der Waals surface area contributed by atoms with Crippen molar-refractivity contribution in [1.82, 2.24) is 15.1 Å². The lowest BCUT2D eigenvalue weighted by Crippen LogP contribution is -2.52. The molecule has 1 aliphatic heterocycles. The summed E-state index contributed by atoms with van der Waals surface area (Å²) in [6, 6.07) is 12.4. The van der Waals surface area contributed by atoms with Gasteiger partial charge in [-0.1, -0.05) is 35.9 Å². The van der Waals surface area contributed by atoms with Crippen molar-refractivity contribution >= 4 is 17.4 Å². The van der Waals surface area contributed by atoms with Gasteiger partial charge in [0.15, 0.2) is 0 Å². The number of aryl methyl sites for hydroxylation is 1. The van der Waals surface area contributed by atoms with E-state index in [2.05, 4.69) is 46.8 Å². The van der Waals surface area contributed by atoms with E-state index in [1.807, 2.05) is 17.0 Å². The SMILES string of the molecule is COCCN1CCN(C(=O)N[C@H](c2cccc(C)c2)c2cccs2)CC1. The number of ether oxygens (including phenoxy) is 1. The lowest BCUT2D eigenvalue weighted by molar-refractivity contribution is 0.105. The molecule has 2 aromatic rings. The summed E-state index contributed by atoms with van der Waals surface area (Å²) in [6.45, 7) is 7.03. The fourth-order valence-corrected chi connectivity index (χ4v) is 4.04. The summed E-state index contributed by atoms with van der Waals surface area (Å²) in [5, 5.41) is 5.30. The number of urea groups is 1. The molecule has 2 amide bonds. The van der Waals surface area contributed by atoms with Crippen LogP contribution in [0.1, 0.15) is 22.0 Å². The van der Waals surface area contributed by atoms with Gasteiger partial charge in [-0.05, 0) is 23.9 Å². The van der Waals surface area contributed by atoms with Crippen LogP contribution in [-0.4, -0.2) is 62.3 Å². The summed E-state index contributed by atoms with van der Waals surface area (Å²) in [5.41, 5.74) is 2.32. The fourth-order valence-electron chi connectivity index (χ4n) is 3.23. The Kier molecular flexibility index (Phi) is 6.66. The van der Waals surface area contributed by atoms with Gasteiger partial charge in [0.05, 0.1) is 12.6 Å². The molecule has 1 aromatic carbocycles. The Hall–Kier alpha value is -1.89. The van der Waals surface area contributed by atoms with Gasteiger partial charge < -0.3 is 15.0 Å². The number of carbonyl (C=O) groups excluding carboxylic acids is 1. The number of hydrogen-bond acceptors (Lipinski definition) is 4. The molecule has 1 atom stereocenters. The highest BCUT2D eigenvalue weighted by Crippen LogP contribution is 2.27. The molecular formula is C20H27N3O2S. The van der Waals surface area contributed by atoms with Crippen LogP contribution in [0.25, 0.3) is 0 Å². The van der Waals surface area contributed by atoms with Crippen molar-refractivity contribution < 1.29 is 9.53 Å². The largest absolute Gasteiger partial charge is 0.383 e. The average Bonchev–Trinajstić information content (AvgIpc) is 3.19. The van der Waals surface area contributed by atoms with E-state index in [0.717, 1.165) is 49.8 Å². The lowest BCUT2D eigenvalue weighted by Gasteiger charge is -2.35. The minimum absolute atomic E-state index is 0.0105. The van der Waals surface area contributed by atoms with Gasteiger partial charge in [0.25, 0.3) is 0 Å². The maximum Gasteiger partial charge on any atom is 0.318 e. The molecule has 140 valence electrons. The highest BCUT2D eigenvalue weighted by Gasteiger charge is 2.24. The second kappa shape index (κ2) is 9.16. The predicted octanol–water partition coefficient (Wildman–Crippen LogP) is 3.12. The third kappa shape index (κ3) is 4.84. The van der Waals surface area contributed by atoms with E-state index >= 15 is 0 Å². The van der Waals surface area contributed by atoms with Crippen LogP contribution in [0.5, 0.6) is 0 Å². The first-order valence-corrected chi connectivity index (χ1v) is 9.92. The summed E-state index contributed by atoms with van der Waals surface area (Å²) in [6.07, 6.45) is 0. The first-order chi connectivity index (χ1) is 12.7. The number of nitrogens with zero attached hydrogens (tertiary/aromatic N) is 2. The third-order valence-corrected chi connectivity index (χ3v) is 5.68. The summed E-state index contributed by atoms with van der Waals surface area (Å²) in [5.74, 6) is 0. The monoisotopic (exact) mass is 373 g/mol. The van der Waals surface area contributed by atoms with E-state index in [0.29, 0.717) is 0 Å². The van der Waals surface area contributed by atoms with Crippen LogP contribution in [0.4, 0.5) is 4.79 Å². The minimum atomic E-state index is -0.103. The smallest absolute Gasteiger partial charge is 0.318 e. The van der Waals surface area contributed by atoms with Gasteiger partial charge in [0.2, 0.25) is 0 Å². The number of rotatable bonds is 6. The Morgan fingerprint density at radius 1 is 1.23 bits per heavy atom. The first-order valence-electron chi connectivity index (χ1n) is 9.04. The molecule has 0 bridgehead atoms. The lowest BCUT2D eigenvalue weighted by atomic mass is 10.0. The van der Waals surface area contributed by atoms with Gasteiger partial charge in [-0.25, -0.2) is 4.79 Å². The molecule has 0 unspecified atom stereocenters. The number of hydrogen-bond donors (Lipinski definition) is 1. The zero-order valence-corrected chi connectivity index (χ0v) is 16.3. The molecule has 26 heavy (non-hydrogen) atoms. The minimum Gasteiger partial charge on any atom is -0.383 e. The summed E-state index contributed by atoms with van der Waals surface area (Å²) >= 11 is 1.67. The number of carbonyl (C=O) groups is 1.